The van der Waals surface area contributed by atoms with Gasteiger partial charge in [-0.25, -0.2) is 4.98 Å². The Hall–Kier alpha value is -1.83. The van der Waals surface area contributed by atoms with Gasteiger partial charge in [0.15, 0.2) is 16.6 Å². The van der Waals surface area contributed by atoms with Gasteiger partial charge in [0, 0.05) is 44.1 Å². The molecular weight excluding hydrogens is 324 g/mol. The number of nitrogens with zero attached hydrogens (tertiary/aromatic N) is 3. The minimum atomic E-state index is 0.324. The van der Waals surface area contributed by atoms with Crippen molar-refractivity contribution < 1.29 is 9.47 Å². The van der Waals surface area contributed by atoms with E-state index in [0.29, 0.717) is 19.4 Å². The first-order chi connectivity index (χ1) is 11.7. The quantitative estimate of drug-likeness (QED) is 0.916. The van der Waals surface area contributed by atoms with Crippen molar-refractivity contribution in [2.45, 2.75) is 19.5 Å². The number of hydrogen-bond donors (Lipinski definition) is 1. The van der Waals surface area contributed by atoms with Crippen molar-refractivity contribution in [3.8, 4) is 11.5 Å². The van der Waals surface area contributed by atoms with Gasteiger partial charge in [-0.3, -0.25) is 4.90 Å². The van der Waals surface area contributed by atoms with E-state index in [4.69, 9.17) is 15.2 Å². The van der Waals surface area contributed by atoms with E-state index < -0.39 is 0 Å². The summed E-state index contributed by atoms with van der Waals surface area (Å²) in [5.41, 5.74) is 7.90. The van der Waals surface area contributed by atoms with Gasteiger partial charge >= 0.3 is 0 Å². The van der Waals surface area contributed by atoms with Crippen LogP contribution in [0.5, 0.6) is 11.5 Å². The van der Waals surface area contributed by atoms with E-state index in [1.807, 2.05) is 6.07 Å². The Kier molecular flexibility index (Phi) is 4.30. The molecule has 0 radical (unpaired) electrons. The minimum absolute atomic E-state index is 0.324. The molecule has 1 aromatic heterocycles. The third-order valence-corrected chi connectivity index (χ3v) is 5.71. The molecule has 24 heavy (non-hydrogen) atoms. The molecule has 2 aliphatic heterocycles. The zero-order chi connectivity index (χ0) is 16.5. The lowest BCUT2D eigenvalue weighted by Crippen LogP contribution is -2.47. The number of thiazole rings is 1. The molecule has 128 valence electrons. The summed E-state index contributed by atoms with van der Waals surface area (Å²) >= 11 is 1.69. The van der Waals surface area contributed by atoms with Crippen LogP contribution in [0.3, 0.4) is 0 Å². The first kappa shape index (κ1) is 15.7. The van der Waals surface area contributed by atoms with Crippen molar-refractivity contribution in [3.63, 3.8) is 0 Å². The van der Waals surface area contributed by atoms with Crippen LogP contribution in [0, 0.1) is 0 Å². The van der Waals surface area contributed by atoms with Crippen LogP contribution in [-0.2, 0) is 6.54 Å². The largest absolute Gasteiger partial charge is 0.454 e. The van der Waals surface area contributed by atoms with Crippen molar-refractivity contribution in [3.05, 3.63) is 34.8 Å². The second kappa shape index (κ2) is 6.58. The lowest BCUT2D eigenvalue weighted by Gasteiger charge is -2.38. The van der Waals surface area contributed by atoms with E-state index in [1.165, 1.54) is 5.56 Å². The Labute approximate surface area is 145 Å². The van der Waals surface area contributed by atoms with Gasteiger partial charge in [-0.05, 0) is 24.6 Å². The van der Waals surface area contributed by atoms with Crippen molar-refractivity contribution in [1.29, 1.82) is 0 Å². The van der Waals surface area contributed by atoms with E-state index in [-0.39, 0.29) is 0 Å². The van der Waals surface area contributed by atoms with Gasteiger partial charge in [-0.15, -0.1) is 11.3 Å². The Balaban J connectivity index is 1.40. The number of piperazine rings is 1. The third kappa shape index (κ3) is 2.94. The van der Waals surface area contributed by atoms with Crippen molar-refractivity contribution in [1.82, 2.24) is 9.88 Å². The summed E-state index contributed by atoms with van der Waals surface area (Å²) < 4.78 is 10.9. The molecule has 1 fully saturated rings. The molecule has 0 aliphatic carbocycles. The molecule has 6 nitrogen and oxygen atoms in total. The highest BCUT2D eigenvalue weighted by molar-refractivity contribution is 7.13. The molecule has 1 unspecified atom stereocenters. The average Bonchev–Trinajstić information content (AvgIpc) is 3.29. The lowest BCUT2D eigenvalue weighted by molar-refractivity contribution is 0.173. The topological polar surface area (TPSA) is 63.9 Å². The summed E-state index contributed by atoms with van der Waals surface area (Å²) in [5, 5.41) is 3.14. The number of rotatable bonds is 4. The van der Waals surface area contributed by atoms with Crippen molar-refractivity contribution in [2.24, 2.45) is 5.73 Å². The molecule has 0 spiro atoms. The molecule has 2 N–H and O–H groups in total. The Morgan fingerprint density at radius 1 is 1.21 bits per heavy atom. The van der Waals surface area contributed by atoms with Gasteiger partial charge in [0.1, 0.15) is 0 Å². The molecule has 0 saturated carbocycles. The van der Waals surface area contributed by atoms with Crippen LogP contribution in [-0.4, -0.2) is 42.9 Å². The van der Waals surface area contributed by atoms with E-state index in [2.05, 4.69) is 39.2 Å². The van der Waals surface area contributed by atoms with Gasteiger partial charge in [0.05, 0.1) is 5.69 Å². The number of anilines is 1. The van der Waals surface area contributed by atoms with Crippen LogP contribution < -0.4 is 20.1 Å². The summed E-state index contributed by atoms with van der Waals surface area (Å²) in [7, 11) is 0. The molecule has 2 aliphatic rings. The highest BCUT2D eigenvalue weighted by atomic mass is 32.1. The van der Waals surface area contributed by atoms with Gasteiger partial charge in [0.2, 0.25) is 6.79 Å². The maximum Gasteiger partial charge on any atom is 0.231 e. The predicted molar refractivity (Wildman–Crippen MR) is 94.8 cm³/mol. The van der Waals surface area contributed by atoms with E-state index >= 15 is 0 Å². The van der Waals surface area contributed by atoms with Crippen LogP contribution in [0.15, 0.2) is 23.6 Å². The van der Waals surface area contributed by atoms with Crippen LogP contribution in [0.4, 0.5) is 5.13 Å². The second-order valence-corrected chi connectivity index (χ2v) is 6.97. The zero-order valence-corrected chi connectivity index (χ0v) is 14.6. The maximum absolute atomic E-state index is 5.66. The molecule has 1 atom stereocenters. The summed E-state index contributed by atoms with van der Waals surface area (Å²) in [5.74, 6) is 1.70. The molecule has 1 aromatic carbocycles. The van der Waals surface area contributed by atoms with Gasteiger partial charge in [0.25, 0.3) is 0 Å². The fourth-order valence-corrected chi connectivity index (χ4v) is 4.11. The van der Waals surface area contributed by atoms with E-state index in [1.54, 1.807) is 11.3 Å². The number of nitrogens with two attached hydrogens (primary N) is 1. The fourth-order valence-electron chi connectivity index (χ4n) is 3.22. The number of hydrogen-bond acceptors (Lipinski definition) is 7. The Morgan fingerprint density at radius 2 is 2.00 bits per heavy atom. The smallest absolute Gasteiger partial charge is 0.231 e. The summed E-state index contributed by atoms with van der Waals surface area (Å²) in [4.78, 5) is 9.45. The molecular formula is C17H22N4O2S. The molecule has 3 heterocycles. The number of ether oxygens (including phenoxy) is 2. The first-order valence-corrected chi connectivity index (χ1v) is 9.15. The summed E-state index contributed by atoms with van der Waals surface area (Å²) in [6.45, 7) is 7.12. The molecule has 1 saturated heterocycles. The maximum atomic E-state index is 5.66. The molecule has 4 rings (SSSR count). The SMILES string of the molecule is CC(c1ccc2c(c1)OCO2)N1CCN(c2nc(CN)cs2)CC1. The minimum Gasteiger partial charge on any atom is -0.454 e. The number of fused-ring (bicyclic) bond motifs is 1. The van der Waals surface area contributed by atoms with Gasteiger partial charge < -0.3 is 20.1 Å². The van der Waals surface area contributed by atoms with Crippen LogP contribution in [0.1, 0.15) is 24.2 Å². The molecule has 0 bridgehead atoms. The fraction of sp³-hybridized carbons (Fsp3) is 0.471. The molecule has 0 amide bonds. The summed E-state index contributed by atoms with van der Waals surface area (Å²) in [6.07, 6.45) is 0. The van der Waals surface area contributed by atoms with Crippen LogP contribution in [0.2, 0.25) is 0 Å². The Morgan fingerprint density at radius 3 is 2.75 bits per heavy atom. The van der Waals surface area contributed by atoms with Gasteiger partial charge in [-0.2, -0.15) is 0 Å². The zero-order valence-electron chi connectivity index (χ0n) is 13.8. The van der Waals surface area contributed by atoms with E-state index in [9.17, 15) is 0 Å². The van der Waals surface area contributed by atoms with Gasteiger partial charge in [-0.1, -0.05) is 6.07 Å². The second-order valence-electron chi connectivity index (χ2n) is 6.14. The highest BCUT2D eigenvalue weighted by Crippen LogP contribution is 2.35. The van der Waals surface area contributed by atoms with Crippen LogP contribution in [0.25, 0.3) is 0 Å². The first-order valence-electron chi connectivity index (χ1n) is 8.27. The number of aromatic nitrogens is 1. The normalized spacial score (nSPS) is 18.8. The monoisotopic (exact) mass is 346 g/mol. The lowest BCUT2D eigenvalue weighted by atomic mass is 10.1. The third-order valence-electron chi connectivity index (χ3n) is 4.76. The standard InChI is InChI=1S/C17H22N4O2S/c1-12(13-2-3-15-16(8-13)23-11-22-15)20-4-6-21(7-5-20)17-19-14(9-18)10-24-17/h2-3,8,10,12H,4-7,9,11,18H2,1H3. The van der Waals surface area contributed by atoms with Crippen molar-refractivity contribution in [2.75, 3.05) is 37.9 Å². The molecule has 7 heteroatoms. The molecule has 2 aromatic rings. The van der Waals surface area contributed by atoms with E-state index in [0.717, 1.165) is 48.5 Å². The van der Waals surface area contributed by atoms with Crippen molar-refractivity contribution >= 4 is 16.5 Å². The average molecular weight is 346 g/mol. The highest BCUT2D eigenvalue weighted by Gasteiger charge is 2.25. The number of benzene rings is 1. The summed E-state index contributed by atoms with van der Waals surface area (Å²) in [6, 6.07) is 6.61. The predicted octanol–water partition coefficient (Wildman–Crippen LogP) is 2.21. The Bertz CT molecular complexity index is 712. The van der Waals surface area contributed by atoms with Crippen LogP contribution >= 0.6 is 11.3 Å².